The Hall–Kier alpha value is 0.310. The van der Waals surface area contributed by atoms with Crippen LogP contribution in [-0.4, -0.2) is 25.1 Å². The molecule has 8 heavy (non-hydrogen) atoms. The zero-order valence-corrected chi connectivity index (χ0v) is 6.72. The molecule has 0 saturated carbocycles. The summed E-state index contributed by atoms with van der Waals surface area (Å²) in [5.41, 5.74) is 0. The smallest absolute Gasteiger partial charge is 0.00435 e. The van der Waals surface area contributed by atoms with E-state index in [1.54, 1.807) is 0 Å². The van der Waals surface area contributed by atoms with Crippen molar-refractivity contribution in [2.24, 2.45) is 0 Å². The Balaban J connectivity index is 2.86. The molecule has 0 aliphatic rings. The van der Waals surface area contributed by atoms with Crippen LogP contribution in [0.25, 0.3) is 0 Å². The van der Waals surface area contributed by atoms with Gasteiger partial charge in [0.05, 0.1) is 0 Å². The van der Waals surface area contributed by atoms with Crippen molar-refractivity contribution >= 4 is 11.8 Å². The highest BCUT2D eigenvalue weighted by Crippen LogP contribution is 1.98. The first kappa shape index (κ1) is 8.31. The molecule has 0 amide bonds. The third-order valence-corrected chi connectivity index (χ3v) is 1.89. The molecule has 1 atom stereocenters. The molecule has 1 N–H and O–H groups in total. The molecule has 0 radical (unpaired) electrons. The molecule has 0 spiro atoms. The van der Waals surface area contributed by atoms with Gasteiger partial charge in [0.15, 0.2) is 0 Å². The van der Waals surface area contributed by atoms with Crippen LogP contribution in [0.2, 0.25) is 0 Å². The topological polar surface area (TPSA) is 12.0 Å². The maximum absolute atomic E-state index is 3.19. The van der Waals surface area contributed by atoms with Crippen LogP contribution in [0.15, 0.2) is 0 Å². The minimum atomic E-state index is 0.683. The van der Waals surface area contributed by atoms with Crippen LogP contribution in [0.4, 0.5) is 0 Å². The first-order valence-electron chi connectivity index (χ1n) is 2.97. The summed E-state index contributed by atoms with van der Waals surface area (Å²) in [6.45, 7) is 2.20. The van der Waals surface area contributed by atoms with Crippen molar-refractivity contribution in [2.45, 2.75) is 19.4 Å². The van der Waals surface area contributed by atoms with E-state index >= 15 is 0 Å². The van der Waals surface area contributed by atoms with Crippen molar-refractivity contribution in [1.82, 2.24) is 5.32 Å². The molecule has 0 heterocycles. The Morgan fingerprint density at radius 3 is 2.62 bits per heavy atom. The summed E-state index contributed by atoms with van der Waals surface area (Å²) < 4.78 is 0. The lowest BCUT2D eigenvalue weighted by Crippen LogP contribution is -2.21. The zero-order chi connectivity index (χ0) is 6.41. The molecule has 0 aliphatic heterocycles. The van der Waals surface area contributed by atoms with Gasteiger partial charge in [-0.25, -0.2) is 0 Å². The van der Waals surface area contributed by atoms with Crippen LogP contribution in [0.1, 0.15) is 13.3 Å². The van der Waals surface area contributed by atoms with E-state index in [2.05, 4.69) is 18.5 Å². The predicted octanol–water partition coefficient (Wildman–Crippen LogP) is 1.35. The molecule has 0 aromatic heterocycles. The fourth-order valence-corrected chi connectivity index (χ4v) is 1.03. The lowest BCUT2D eigenvalue weighted by atomic mass is 10.3. The van der Waals surface area contributed by atoms with Crippen molar-refractivity contribution in [3.05, 3.63) is 0 Å². The van der Waals surface area contributed by atoms with Gasteiger partial charge in [-0.05, 0) is 32.4 Å². The lowest BCUT2D eigenvalue weighted by Gasteiger charge is -2.06. The summed E-state index contributed by atoms with van der Waals surface area (Å²) in [6, 6.07) is 0.683. The Kier molecular flexibility index (Phi) is 5.66. The highest BCUT2D eigenvalue weighted by Gasteiger charge is 1.93. The van der Waals surface area contributed by atoms with Crippen molar-refractivity contribution in [3.8, 4) is 0 Å². The van der Waals surface area contributed by atoms with Crippen molar-refractivity contribution in [3.63, 3.8) is 0 Å². The molecule has 0 aromatic rings. The summed E-state index contributed by atoms with van der Waals surface area (Å²) in [4.78, 5) is 0. The van der Waals surface area contributed by atoms with E-state index in [4.69, 9.17) is 0 Å². The number of nitrogens with one attached hydrogen (secondary N) is 1. The van der Waals surface area contributed by atoms with Gasteiger partial charge >= 0.3 is 0 Å². The second-order valence-electron chi connectivity index (χ2n) is 1.97. The first-order valence-corrected chi connectivity index (χ1v) is 4.37. The SMILES string of the molecule is CN[C@H](C)CCSC. The van der Waals surface area contributed by atoms with E-state index < -0.39 is 0 Å². The zero-order valence-electron chi connectivity index (χ0n) is 5.90. The molecule has 0 saturated heterocycles. The number of hydrogen-bond acceptors (Lipinski definition) is 2. The lowest BCUT2D eigenvalue weighted by molar-refractivity contribution is 0.598. The van der Waals surface area contributed by atoms with Crippen molar-refractivity contribution in [2.75, 3.05) is 19.1 Å². The number of thioether (sulfide) groups is 1. The number of hydrogen-bond donors (Lipinski definition) is 1. The molecule has 0 rings (SSSR count). The molecular weight excluding hydrogens is 118 g/mol. The van der Waals surface area contributed by atoms with Gasteiger partial charge in [-0.2, -0.15) is 11.8 Å². The highest BCUT2D eigenvalue weighted by atomic mass is 32.2. The van der Waals surface area contributed by atoms with Crippen LogP contribution >= 0.6 is 11.8 Å². The van der Waals surface area contributed by atoms with Crippen LogP contribution in [0, 0.1) is 0 Å². The van der Waals surface area contributed by atoms with Gasteiger partial charge in [0.25, 0.3) is 0 Å². The van der Waals surface area contributed by atoms with E-state index in [1.807, 2.05) is 18.8 Å². The molecular formula is C6H15NS. The average molecular weight is 133 g/mol. The molecule has 0 aliphatic carbocycles. The fourth-order valence-electron chi connectivity index (χ4n) is 0.439. The fraction of sp³-hybridized carbons (Fsp3) is 1.00. The maximum Gasteiger partial charge on any atom is 0.00435 e. The maximum atomic E-state index is 3.19. The minimum Gasteiger partial charge on any atom is -0.317 e. The predicted molar refractivity (Wildman–Crippen MR) is 41.5 cm³/mol. The minimum absolute atomic E-state index is 0.683. The standard InChI is InChI=1S/C6H15NS/c1-6(7-2)4-5-8-3/h6-7H,4-5H2,1-3H3/t6-/m1/s1. The van der Waals surface area contributed by atoms with E-state index in [9.17, 15) is 0 Å². The largest absolute Gasteiger partial charge is 0.317 e. The Morgan fingerprint density at radius 1 is 1.62 bits per heavy atom. The van der Waals surface area contributed by atoms with E-state index in [0.29, 0.717) is 6.04 Å². The Morgan fingerprint density at radius 2 is 2.25 bits per heavy atom. The molecule has 0 fully saturated rings. The normalized spacial score (nSPS) is 13.9. The molecule has 0 unspecified atom stereocenters. The van der Waals surface area contributed by atoms with Crippen molar-refractivity contribution < 1.29 is 0 Å². The molecule has 1 nitrogen and oxygen atoms in total. The third kappa shape index (κ3) is 4.47. The van der Waals surface area contributed by atoms with Crippen LogP contribution < -0.4 is 5.32 Å². The summed E-state index contributed by atoms with van der Waals surface area (Å²) >= 11 is 1.91. The summed E-state index contributed by atoms with van der Waals surface area (Å²) in [5, 5.41) is 3.19. The first-order chi connectivity index (χ1) is 3.81. The summed E-state index contributed by atoms with van der Waals surface area (Å²) in [6.07, 6.45) is 3.42. The third-order valence-electron chi connectivity index (χ3n) is 1.25. The number of rotatable bonds is 4. The summed E-state index contributed by atoms with van der Waals surface area (Å²) in [7, 11) is 2.00. The monoisotopic (exact) mass is 133 g/mol. The molecule has 0 bridgehead atoms. The Labute approximate surface area is 56.2 Å². The van der Waals surface area contributed by atoms with Gasteiger partial charge in [0, 0.05) is 6.04 Å². The van der Waals surface area contributed by atoms with Gasteiger partial charge in [-0.3, -0.25) is 0 Å². The van der Waals surface area contributed by atoms with E-state index in [-0.39, 0.29) is 0 Å². The quantitative estimate of drug-likeness (QED) is 0.621. The van der Waals surface area contributed by atoms with Gasteiger partial charge in [-0.1, -0.05) is 0 Å². The van der Waals surface area contributed by atoms with Gasteiger partial charge in [-0.15, -0.1) is 0 Å². The average Bonchev–Trinajstić information content (AvgIpc) is 1.83. The van der Waals surface area contributed by atoms with Crippen LogP contribution in [0.5, 0.6) is 0 Å². The van der Waals surface area contributed by atoms with Gasteiger partial charge < -0.3 is 5.32 Å². The Bertz CT molecular complexity index is 47.8. The molecule has 2 heteroatoms. The molecule has 50 valence electrons. The second kappa shape index (κ2) is 5.45. The van der Waals surface area contributed by atoms with E-state index in [0.717, 1.165) is 0 Å². The summed E-state index contributed by atoms with van der Waals surface area (Å²) in [5.74, 6) is 1.27. The highest BCUT2D eigenvalue weighted by molar-refractivity contribution is 7.98. The van der Waals surface area contributed by atoms with Crippen LogP contribution in [-0.2, 0) is 0 Å². The van der Waals surface area contributed by atoms with Crippen LogP contribution in [0.3, 0.4) is 0 Å². The second-order valence-corrected chi connectivity index (χ2v) is 2.96. The van der Waals surface area contributed by atoms with E-state index in [1.165, 1.54) is 12.2 Å². The van der Waals surface area contributed by atoms with Gasteiger partial charge in [0.2, 0.25) is 0 Å². The van der Waals surface area contributed by atoms with Gasteiger partial charge in [0.1, 0.15) is 0 Å². The van der Waals surface area contributed by atoms with Crippen molar-refractivity contribution in [1.29, 1.82) is 0 Å². The molecule has 0 aromatic carbocycles.